The maximum absolute atomic E-state index is 4.65. The Morgan fingerprint density at radius 3 is 2.23 bits per heavy atom. The zero-order valence-corrected chi connectivity index (χ0v) is 16.7. The maximum Gasteiger partial charge on any atom is 0.136 e. The van der Waals surface area contributed by atoms with Crippen LogP contribution in [0.25, 0.3) is 0 Å². The van der Waals surface area contributed by atoms with E-state index in [0.29, 0.717) is 0 Å². The van der Waals surface area contributed by atoms with Crippen molar-refractivity contribution in [2.75, 3.05) is 42.9 Å². The van der Waals surface area contributed by atoms with Gasteiger partial charge in [0.25, 0.3) is 0 Å². The van der Waals surface area contributed by atoms with Gasteiger partial charge in [-0.1, -0.05) is 39.8 Å². The van der Waals surface area contributed by atoms with Crippen molar-refractivity contribution in [2.45, 2.75) is 40.0 Å². The number of likely N-dealkylation sites (N-methyl/N-ethyl adjacent to an activating group) is 1. The van der Waals surface area contributed by atoms with Crippen molar-refractivity contribution in [1.82, 2.24) is 14.9 Å². The number of hydrogen-bond donors (Lipinski definition) is 1. The number of nitrogens with one attached hydrogen (secondary N) is 1. The summed E-state index contributed by atoms with van der Waals surface area (Å²) in [7, 11) is 0. The third-order valence-corrected chi connectivity index (χ3v) is 4.99. The lowest BCUT2D eigenvalue weighted by Gasteiger charge is -2.34. The van der Waals surface area contributed by atoms with E-state index in [1.54, 1.807) is 0 Å². The molecule has 2 aromatic rings. The number of aromatic nitrogens is 2. The van der Waals surface area contributed by atoms with Crippen LogP contribution in [0.1, 0.15) is 39.1 Å². The van der Waals surface area contributed by atoms with Crippen LogP contribution < -0.4 is 10.2 Å². The molecule has 1 aliphatic heterocycles. The average molecular weight is 354 g/mol. The van der Waals surface area contributed by atoms with E-state index in [2.05, 4.69) is 83.1 Å². The molecule has 1 fully saturated rings. The zero-order valence-electron chi connectivity index (χ0n) is 16.7. The van der Waals surface area contributed by atoms with Crippen molar-refractivity contribution in [1.29, 1.82) is 0 Å². The summed E-state index contributed by atoms with van der Waals surface area (Å²) in [6.45, 7) is 16.2. The van der Waals surface area contributed by atoms with E-state index in [1.807, 2.05) is 6.92 Å². The Hall–Kier alpha value is -2.14. The van der Waals surface area contributed by atoms with Gasteiger partial charge in [0.1, 0.15) is 17.5 Å². The van der Waals surface area contributed by atoms with Crippen LogP contribution >= 0.6 is 0 Å². The fourth-order valence-corrected chi connectivity index (χ4v) is 3.27. The van der Waals surface area contributed by atoms with Crippen molar-refractivity contribution in [2.24, 2.45) is 0 Å². The minimum atomic E-state index is 0.165. The molecule has 2 heterocycles. The van der Waals surface area contributed by atoms with Crippen LogP contribution in [0, 0.1) is 6.92 Å². The van der Waals surface area contributed by atoms with Gasteiger partial charge in [-0.15, -0.1) is 0 Å². The standard InChI is InChI=1S/C21H31N5/c1-6-25-11-13-26(14-12-25)20-15-19(22-16(2)23-20)24-18-9-7-17(8-10-18)21(3,4)5/h7-10,15H,6,11-14H2,1-5H3,(H,22,23,24). The predicted octanol–water partition coefficient (Wildman–Crippen LogP) is 3.97. The van der Waals surface area contributed by atoms with Crippen molar-refractivity contribution in [3.63, 3.8) is 0 Å². The fraction of sp³-hybridized carbons (Fsp3) is 0.524. The molecule has 140 valence electrons. The van der Waals surface area contributed by atoms with E-state index in [0.717, 1.165) is 55.9 Å². The highest BCUT2D eigenvalue weighted by molar-refractivity contribution is 5.60. The van der Waals surface area contributed by atoms with E-state index >= 15 is 0 Å². The number of hydrogen-bond acceptors (Lipinski definition) is 5. The molecule has 0 spiro atoms. The molecule has 5 nitrogen and oxygen atoms in total. The van der Waals surface area contributed by atoms with Crippen LogP contribution in [0.3, 0.4) is 0 Å². The Kier molecular flexibility index (Phi) is 5.47. The van der Waals surface area contributed by atoms with E-state index in [9.17, 15) is 0 Å². The summed E-state index contributed by atoms with van der Waals surface area (Å²) in [5.74, 6) is 2.67. The quantitative estimate of drug-likeness (QED) is 0.901. The number of anilines is 3. The summed E-state index contributed by atoms with van der Waals surface area (Å²) in [4.78, 5) is 14.0. The van der Waals surface area contributed by atoms with Crippen LogP contribution in [0.15, 0.2) is 30.3 Å². The number of nitrogens with zero attached hydrogens (tertiary/aromatic N) is 4. The van der Waals surface area contributed by atoms with Crippen molar-refractivity contribution < 1.29 is 0 Å². The molecule has 0 atom stereocenters. The number of rotatable bonds is 4. The summed E-state index contributed by atoms with van der Waals surface area (Å²) < 4.78 is 0. The Balaban J connectivity index is 1.74. The lowest BCUT2D eigenvalue weighted by atomic mass is 9.87. The van der Waals surface area contributed by atoms with Gasteiger partial charge in [0.15, 0.2) is 0 Å². The first kappa shape index (κ1) is 18.6. The molecule has 0 radical (unpaired) electrons. The molecule has 0 bridgehead atoms. The highest BCUT2D eigenvalue weighted by Gasteiger charge is 2.18. The van der Waals surface area contributed by atoms with Crippen LogP contribution in [0.2, 0.25) is 0 Å². The molecule has 1 aliphatic rings. The second-order valence-corrected chi connectivity index (χ2v) is 8.03. The molecule has 1 N–H and O–H groups in total. The van der Waals surface area contributed by atoms with E-state index in [4.69, 9.17) is 0 Å². The minimum Gasteiger partial charge on any atom is -0.354 e. The third kappa shape index (κ3) is 4.52. The highest BCUT2D eigenvalue weighted by atomic mass is 15.3. The second-order valence-electron chi connectivity index (χ2n) is 8.03. The van der Waals surface area contributed by atoms with Gasteiger partial charge in [-0.25, -0.2) is 9.97 Å². The van der Waals surface area contributed by atoms with Gasteiger partial charge in [0.2, 0.25) is 0 Å². The minimum absolute atomic E-state index is 0.165. The average Bonchev–Trinajstić information content (AvgIpc) is 2.61. The van der Waals surface area contributed by atoms with Gasteiger partial charge >= 0.3 is 0 Å². The topological polar surface area (TPSA) is 44.3 Å². The molecule has 0 saturated carbocycles. The summed E-state index contributed by atoms with van der Waals surface area (Å²) in [6, 6.07) is 10.7. The van der Waals surface area contributed by atoms with Crippen molar-refractivity contribution in [3.05, 3.63) is 41.7 Å². The third-order valence-electron chi connectivity index (χ3n) is 4.99. The van der Waals surface area contributed by atoms with Crippen LogP contribution in [-0.4, -0.2) is 47.6 Å². The lowest BCUT2D eigenvalue weighted by Crippen LogP contribution is -2.46. The summed E-state index contributed by atoms with van der Waals surface area (Å²) in [5, 5.41) is 3.43. The first-order valence-electron chi connectivity index (χ1n) is 9.55. The van der Waals surface area contributed by atoms with Gasteiger partial charge in [0, 0.05) is 37.9 Å². The SMILES string of the molecule is CCN1CCN(c2cc(Nc3ccc(C(C)(C)C)cc3)nc(C)n2)CC1. The Morgan fingerprint density at radius 1 is 1.00 bits per heavy atom. The smallest absolute Gasteiger partial charge is 0.136 e. The van der Waals surface area contributed by atoms with Crippen LogP contribution in [-0.2, 0) is 5.41 Å². The molecule has 0 aliphatic carbocycles. The largest absolute Gasteiger partial charge is 0.354 e. The number of benzene rings is 1. The zero-order chi connectivity index (χ0) is 18.7. The molecular formula is C21H31N5. The Morgan fingerprint density at radius 2 is 1.65 bits per heavy atom. The Bertz CT molecular complexity index is 725. The predicted molar refractivity (Wildman–Crippen MR) is 110 cm³/mol. The fourth-order valence-electron chi connectivity index (χ4n) is 3.27. The van der Waals surface area contributed by atoms with Gasteiger partial charge < -0.3 is 15.1 Å². The highest BCUT2D eigenvalue weighted by Crippen LogP contribution is 2.25. The summed E-state index contributed by atoms with van der Waals surface area (Å²) in [5.41, 5.74) is 2.55. The lowest BCUT2D eigenvalue weighted by molar-refractivity contribution is 0.270. The molecule has 26 heavy (non-hydrogen) atoms. The van der Waals surface area contributed by atoms with Gasteiger partial charge in [-0.2, -0.15) is 0 Å². The van der Waals surface area contributed by atoms with Crippen LogP contribution in [0.5, 0.6) is 0 Å². The van der Waals surface area contributed by atoms with E-state index in [-0.39, 0.29) is 5.41 Å². The first-order chi connectivity index (χ1) is 12.3. The van der Waals surface area contributed by atoms with E-state index < -0.39 is 0 Å². The van der Waals surface area contributed by atoms with Gasteiger partial charge in [0.05, 0.1) is 0 Å². The Labute approximate surface area is 157 Å². The molecule has 1 saturated heterocycles. The number of aryl methyl sites for hydroxylation is 1. The first-order valence-corrected chi connectivity index (χ1v) is 9.55. The second kappa shape index (κ2) is 7.62. The van der Waals surface area contributed by atoms with Crippen molar-refractivity contribution in [3.8, 4) is 0 Å². The summed E-state index contributed by atoms with van der Waals surface area (Å²) >= 11 is 0. The molecular weight excluding hydrogens is 322 g/mol. The molecule has 0 amide bonds. The molecule has 3 rings (SSSR count). The van der Waals surface area contributed by atoms with Gasteiger partial charge in [-0.3, -0.25) is 0 Å². The monoisotopic (exact) mass is 353 g/mol. The number of piperazine rings is 1. The summed E-state index contributed by atoms with van der Waals surface area (Å²) in [6.07, 6.45) is 0. The normalized spacial score (nSPS) is 16.0. The van der Waals surface area contributed by atoms with Crippen LogP contribution in [0.4, 0.5) is 17.3 Å². The molecule has 1 aromatic carbocycles. The van der Waals surface area contributed by atoms with Crippen molar-refractivity contribution >= 4 is 17.3 Å². The van der Waals surface area contributed by atoms with E-state index in [1.165, 1.54) is 5.56 Å². The maximum atomic E-state index is 4.65. The molecule has 5 heteroatoms. The molecule has 0 unspecified atom stereocenters. The van der Waals surface area contributed by atoms with Gasteiger partial charge in [-0.05, 0) is 36.6 Å². The molecule has 1 aromatic heterocycles.